The molecule has 0 spiro atoms. The Hall–Kier alpha value is -1.84. The number of carbonyl (C=O) groups is 2. The number of hydrogen-bond donors (Lipinski definition) is 1. The van der Waals surface area contributed by atoms with Gasteiger partial charge >= 0.3 is 0 Å². The molecule has 2 fully saturated rings. The smallest absolute Gasteiger partial charge is 0.250 e. The lowest BCUT2D eigenvalue weighted by Crippen LogP contribution is -2.64. The second kappa shape index (κ2) is 5.17. The minimum atomic E-state index is -0.395. The Balaban J connectivity index is 2.01. The fourth-order valence-corrected chi connectivity index (χ4v) is 3.21. The summed E-state index contributed by atoms with van der Waals surface area (Å²) < 4.78 is 0. The summed E-state index contributed by atoms with van der Waals surface area (Å²) in [6.45, 7) is 5.98. The van der Waals surface area contributed by atoms with E-state index >= 15 is 0 Å². The number of aryl methyl sites for hydroxylation is 2. The van der Waals surface area contributed by atoms with Crippen LogP contribution in [-0.2, 0) is 9.59 Å². The molecule has 1 aliphatic heterocycles. The van der Waals surface area contributed by atoms with Gasteiger partial charge < -0.3 is 5.32 Å². The zero-order valence-corrected chi connectivity index (χ0v) is 12.8. The molecule has 3 rings (SSSR count). The van der Waals surface area contributed by atoms with Crippen molar-refractivity contribution in [3.05, 3.63) is 29.3 Å². The first-order chi connectivity index (χ1) is 10.0. The number of anilines is 1. The topological polar surface area (TPSA) is 49.4 Å². The molecule has 0 aromatic heterocycles. The van der Waals surface area contributed by atoms with Gasteiger partial charge in [-0.05, 0) is 50.7 Å². The average molecular weight is 286 g/mol. The molecule has 1 saturated carbocycles. The second-order valence-corrected chi connectivity index (χ2v) is 6.25. The van der Waals surface area contributed by atoms with Crippen molar-refractivity contribution >= 4 is 17.5 Å². The summed E-state index contributed by atoms with van der Waals surface area (Å²) in [5.41, 5.74) is 3.08. The highest BCUT2D eigenvalue weighted by Gasteiger charge is 2.47. The van der Waals surface area contributed by atoms with Crippen molar-refractivity contribution in [1.82, 2.24) is 5.32 Å². The highest BCUT2D eigenvalue weighted by molar-refractivity contribution is 6.09. The third kappa shape index (κ3) is 2.43. The maximum Gasteiger partial charge on any atom is 0.250 e. The van der Waals surface area contributed by atoms with Gasteiger partial charge in [-0.2, -0.15) is 0 Å². The molecule has 0 bridgehead atoms. The van der Waals surface area contributed by atoms with Crippen LogP contribution in [0.4, 0.5) is 5.69 Å². The molecule has 1 aromatic rings. The number of piperazine rings is 1. The molecule has 2 atom stereocenters. The summed E-state index contributed by atoms with van der Waals surface area (Å²) in [5.74, 6) is 0.359. The number of nitrogens with zero attached hydrogens (tertiary/aromatic N) is 1. The van der Waals surface area contributed by atoms with Crippen molar-refractivity contribution < 1.29 is 9.59 Å². The molecule has 0 radical (unpaired) electrons. The van der Waals surface area contributed by atoms with Crippen molar-refractivity contribution in [1.29, 1.82) is 0 Å². The first kappa shape index (κ1) is 14.1. The van der Waals surface area contributed by atoms with Crippen LogP contribution in [0.1, 0.15) is 37.3 Å². The Bertz CT molecular complexity index is 592. The minimum absolute atomic E-state index is 0.0195. The van der Waals surface area contributed by atoms with Crippen LogP contribution in [0.3, 0.4) is 0 Å². The van der Waals surface area contributed by atoms with Crippen LogP contribution in [0, 0.1) is 19.8 Å². The van der Waals surface area contributed by atoms with Gasteiger partial charge in [0.2, 0.25) is 5.91 Å². The fourth-order valence-electron chi connectivity index (χ4n) is 3.21. The van der Waals surface area contributed by atoms with Gasteiger partial charge in [0.1, 0.15) is 12.1 Å². The van der Waals surface area contributed by atoms with Crippen LogP contribution in [0.15, 0.2) is 18.2 Å². The summed E-state index contributed by atoms with van der Waals surface area (Å²) in [5, 5.41) is 2.93. The van der Waals surface area contributed by atoms with Crippen LogP contribution in [0.25, 0.3) is 0 Å². The van der Waals surface area contributed by atoms with E-state index in [4.69, 9.17) is 0 Å². The van der Waals surface area contributed by atoms with Crippen LogP contribution in [-0.4, -0.2) is 23.9 Å². The molecule has 1 heterocycles. The molecule has 1 aliphatic carbocycles. The van der Waals surface area contributed by atoms with Gasteiger partial charge in [0, 0.05) is 5.69 Å². The predicted octanol–water partition coefficient (Wildman–Crippen LogP) is 2.32. The highest BCUT2D eigenvalue weighted by atomic mass is 16.2. The van der Waals surface area contributed by atoms with Gasteiger partial charge in [-0.1, -0.05) is 24.6 Å². The molecular weight excluding hydrogens is 264 g/mol. The molecular formula is C17H22N2O2. The SMILES string of the molecule is CCC1C(=O)NC(C2CC2)C(=O)N1c1ccc(C)cc1C. The molecule has 1 N–H and O–H groups in total. The van der Waals surface area contributed by atoms with Crippen molar-refractivity contribution in [2.24, 2.45) is 5.92 Å². The normalized spacial score (nSPS) is 26.0. The van der Waals surface area contributed by atoms with Crippen LogP contribution >= 0.6 is 0 Å². The summed E-state index contributed by atoms with van der Waals surface area (Å²) in [7, 11) is 0. The molecule has 112 valence electrons. The van der Waals surface area contributed by atoms with Gasteiger partial charge in [-0.15, -0.1) is 0 Å². The van der Waals surface area contributed by atoms with E-state index < -0.39 is 6.04 Å². The lowest BCUT2D eigenvalue weighted by molar-refractivity contribution is -0.134. The van der Waals surface area contributed by atoms with Crippen molar-refractivity contribution in [3.8, 4) is 0 Å². The summed E-state index contributed by atoms with van der Waals surface area (Å²) in [4.78, 5) is 27.0. The van der Waals surface area contributed by atoms with E-state index in [1.54, 1.807) is 4.90 Å². The van der Waals surface area contributed by atoms with Gasteiger partial charge in [0.15, 0.2) is 0 Å². The summed E-state index contributed by atoms with van der Waals surface area (Å²) >= 11 is 0. The van der Waals surface area contributed by atoms with E-state index in [-0.39, 0.29) is 17.9 Å². The third-order valence-electron chi connectivity index (χ3n) is 4.51. The summed E-state index contributed by atoms with van der Waals surface area (Å²) in [6, 6.07) is 5.30. The fraction of sp³-hybridized carbons (Fsp3) is 0.529. The zero-order valence-electron chi connectivity index (χ0n) is 12.8. The monoisotopic (exact) mass is 286 g/mol. The Labute approximate surface area is 125 Å². The lowest BCUT2D eigenvalue weighted by Gasteiger charge is -2.39. The van der Waals surface area contributed by atoms with E-state index in [1.807, 2.05) is 32.9 Å². The Morgan fingerprint density at radius 3 is 2.52 bits per heavy atom. The van der Waals surface area contributed by atoms with Crippen LogP contribution in [0.2, 0.25) is 0 Å². The molecule has 4 heteroatoms. The number of rotatable bonds is 3. The van der Waals surface area contributed by atoms with Crippen molar-refractivity contribution in [3.63, 3.8) is 0 Å². The number of benzene rings is 1. The second-order valence-electron chi connectivity index (χ2n) is 6.25. The lowest BCUT2D eigenvalue weighted by atomic mass is 9.99. The first-order valence-electron chi connectivity index (χ1n) is 7.73. The maximum absolute atomic E-state index is 12.9. The van der Waals surface area contributed by atoms with Crippen molar-refractivity contribution in [2.75, 3.05) is 4.90 Å². The van der Waals surface area contributed by atoms with Crippen molar-refractivity contribution in [2.45, 2.75) is 52.1 Å². The van der Waals surface area contributed by atoms with E-state index in [0.717, 1.165) is 29.7 Å². The van der Waals surface area contributed by atoms with E-state index in [9.17, 15) is 9.59 Å². The molecule has 21 heavy (non-hydrogen) atoms. The van der Waals surface area contributed by atoms with Gasteiger partial charge in [-0.3, -0.25) is 14.5 Å². The number of carbonyl (C=O) groups excluding carboxylic acids is 2. The standard InChI is InChI=1S/C17H22N2O2/c1-4-13-16(20)18-15(12-6-7-12)17(21)19(13)14-8-5-10(2)9-11(14)3/h5,8-9,12-13,15H,4,6-7H2,1-3H3,(H,18,20). The molecule has 1 aromatic carbocycles. The Kier molecular flexibility index (Phi) is 3.47. The molecule has 4 nitrogen and oxygen atoms in total. The predicted molar refractivity (Wildman–Crippen MR) is 82.1 cm³/mol. The number of nitrogens with one attached hydrogen (secondary N) is 1. The quantitative estimate of drug-likeness (QED) is 0.927. The molecule has 1 saturated heterocycles. The molecule has 2 aliphatic rings. The largest absolute Gasteiger partial charge is 0.342 e. The summed E-state index contributed by atoms with van der Waals surface area (Å²) in [6.07, 6.45) is 2.70. The van der Waals surface area contributed by atoms with E-state index in [0.29, 0.717) is 12.3 Å². The van der Waals surface area contributed by atoms with Gasteiger partial charge in [-0.25, -0.2) is 0 Å². The first-order valence-corrected chi connectivity index (χ1v) is 7.73. The zero-order chi connectivity index (χ0) is 15.1. The van der Waals surface area contributed by atoms with Gasteiger partial charge in [0.25, 0.3) is 5.91 Å². The number of amides is 2. The molecule has 2 unspecified atom stereocenters. The average Bonchev–Trinajstić information content (AvgIpc) is 3.26. The minimum Gasteiger partial charge on any atom is -0.342 e. The maximum atomic E-state index is 12.9. The van der Waals surface area contributed by atoms with Crippen LogP contribution in [0.5, 0.6) is 0 Å². The van der Waals surface area contributed by atoms with Crippen LogP contribution < -0.4 is 10.2 Å². The molecule has 2 amide bonds. The highest BCUT2D eigenvalue weighted by Crippen LogP contribution is 2.37. The number of hydrogen-bond acceptors (Lipinski definition) is 2. The van der Waals surface area contributed by atoms with Gasteiger partial charge in [0.05, 0.1) is 0 Å². The Morgan fingerprint density at radius 1 is 1.24 bits per heavy atom. The van der Waals surface area contributed by atoms with E-state index in [2.05, 4.69) is 11.4 Å². The van der Waals surface area contributed by atoms with E-state index in [1.165, 1.54) is 0 Å². The Morgan fingerprint density at radius 2 is 1.95 bits per heavy atom. The third-order valence-corrected chi connectivity index (χ3v) is 4.51.